The maximum atomic E-state index is 12.9. The number of hydrogen-bond acceptors (Lipinski definition) is 9. The Kier molecular flexibility index (Phi) is 8.81. The van der Waals surface area contributed by atoms with Crippen molar-refractivity contribution >= 4 is 37.4 Å². The van der Waals surface area contributed by atoms with Crippen molar-refractivity contribution < 1.29 is 31.1 Å². The standard InChI is InChI=1S/C28H25N3O8S2/c1-19-3-12-25(13-4-19)41(36,37)31-27-16-11-23(17-26(27)28(32)38-2)39-22-9-5-20(6-10-22)18-29-40(34,35)24-14-7-21(30-33)8-15-24/h3-17,29,31H,18H2,1-2H3. The van der Waals surface area contributed by atoms with Crippen LogP contribution in [0.2, 0.25) is 0 Å². The average molecular weight is 596 g/mol. The summed E-state index contributed by atoms with van der Waals surface area (Å²) < 4.78 is 66.3. The number of hydrogen-bond donors (Lipinski definition) is 2. The zero-order valence-corrected chi connectivity index (χ0v) is 23.5. The summed E-state index contributed by atoms with van der Waals surface area (Å²) in [5, 5.41) is 2.75. The van der Waals surface area contributed by atoms with Crippen LogP contribution in [0.1, 0.15) is 21.5 Å². The van der Waals surface area contributed by atoms with E-state index in [0.29, 0.717) is 11.3 Å². The van der Waals surface area contributed by atoms with Gasteiger partial charge in [-0.2, -0.15) is 0 Å². The molecule has 0 radical (unpaired) electrons. The molecule has 0 bridgehead atoms. The van der Waals surface area contributed by atoms with Gasteiger partial charge in [0.1, 0.15) is 17.2 Å². The number of sulfonamides is 2. The van der Waals surface area contributed by atoms with Gasteiger partial charge in [0.25, 0.3) is 10.0 Å². The molecular weight excluding hydrogens is 570 g/mol. The normalized spacial score (nSPS) is 11.5. The number of nitrogens with zero attached hydrogens (tertiary/aromatic N) is 1. The maximum absolute atomic E-state index is 12.9. The fraction of sp³-hybridized carbons (Fsp3) is 0.107. The first-order valence-electron chi connectivity index (χ1n) is 12.0. The Bertz CT molecular complexity index is 1770. The van der Waals surface area contributed by atoms with Gasteiger partial charge in [0.05, 0.1) is 28.2 Å². The van der Waals surface area contributed by atoms with Crippen molar-refractivity contribution in [1.82, 2.24) is 4.72 Å². The van der Waals surface area contributed by atoms with E-state index in [4.69, 9.17) is 9.47 Å². The van der Waals surface area contributed by atoms with Gasteiger partial charge >= 0.3 is 5.97 Å². The molecule has 0 spiro atoms. The van der Waals surface area contributed by atoms with Crippen LogP contribution < -0.4 is 14.2 Å². The number of rotatable bonds is 11. The molecule has 4 aromatic rings. The Morgan fingerprint density at radius 2 is 1.37 bits per heavy atom. The zero-order valence-electron chi connectivity index (χ0n) is 21.9. The number of benzene rings is 4. The van der Waals surface area contributed by atoms with E-state index in [9.17, 15) is 26.5 Å². The fourth-order valence-electron chi connectivity index (χ4n) is 3.64. The van der Waals surface area contributed by atoms with Crippen LogP contribution >= 0.6 is 0 Å². The first-order chi connectivity index (χ1) is 19.5. The van der Waals surface area contributed by atoms with Gasteiger partial charge < -0.3 is 9.47 Å². The van der Waals surface area contributed by atoms with Crippen molar-refractivity contribution in [3.63, 3.8) is 0 Å². The minimum atomic E-state index is -3.97. The van der Waals surface area contributed by atoms with Crippen molar-refractivity contribution in [2.24, 2.45) is 5.18 Å². The molecule has 0 unspecified atom stereocenters. The molecule has 0 atom stereocenters. The first-order valence-corrected chi connectivity index (χ1v) is 15.0. The van der Waals surface area contributed by atoms with Gasteiger partial charge in [-0.3, -0.25) is 4.72 Å². The SMILES string of the molecule is COC(=O)c1cc(Oc2ccc(CNS(=O)(=O)c3ccc(N=O)cc3)cc2)ccc1NS(=O)(=O)c1ccc(C)cc1. The van der Waals surface area contributed by atoms with Gasteiger partial charge in [0.15, 0.2) is 0 Å². The number of esters is 1. The second-order valence-corrected chi connectivity index (χ2v) is 12.2. The van der Waals surface area contributed by atoms with E-state index in [1.807, 2.05) is 6.92 Å². The molecule has 0 amide bonds. The molecule has 0 heterocycles. The molecule has 212 valence electrons. The van der Waals surface area contributed by atoms with Crippen molar-refractivity contribution in [1.29, 1.82) is 0 Å². The van der Waals surface area contributed by atoms with Gasteiger partial charge in [0, 0.05) is 6.54 Å². The monoisotopic (exact) mass is 595 g/mol. The third-order valence-electron chi connectivity index (χ3n) is 5.85. The van der Waals surface area contributed by atoms with Gasteiger partial charge in [-0.15, -0.1) is 4.91 Å². The largest absolute Gasteiger partial charge is 0.465 e. The molecule has 0 aliphatic heterocycles. The van der Waals surface area contributed by atoms with Crippen LogP contribution in [0.25, 0.3) is 0 Å². The number of nitrogens with one attached hydrogen (secondary N) is 2. The Morgan fingerprint density at radius 3 is 1.98 bits per heavy atom. The van der Waals surface area contributed by atoms with E-state index in [2.05, 4.69) is 14.6 Å². The summed E-state index contributed by atoms with van der Waals surface area (Å²) in [5.74, 6) is -0.139. The first kappa shape index (κ1) is 29.4. The molecule has 0 saturated carbocycles. The lowest BCUT2D eigenvalue weighted by molar-refractivity contribution is 0.0601. The van der Waals surface area contributed by atoms with Crippen LogP contribution in [-0.4, -0.2) is 29.9 Å². The maximum Gasteiger partial charge on any atom is 0.340 e. The number of anilines is 1. The molecule has 11 nitrogen and oxygen atoms in total. The summed E-state index contributed by atoms with van der Waals surface area (Å²) in [6.07, 6.45) is 0. The molecular formula is C28H25N3O8S2. The van der Waals surface area contributed by atoms with Crippen molar-refractivity contribution in [2.75, 3.05) is 11.8 Å². The molecule has 0 aliphatic carbocycles. The summed E-state index contributed by atoms with van der Waals surface area (Å²) in [5.41, 5.74) is 1.63. The van der Waals surface area contributed by atoms with Gasteiger partial charge in [-0.1, -0.05) is 29.8 Å². The molecule has 13 heteroatoms. The third-order valence-corrected chi connectivity index (χ3v) is 8.65. The zero-order chi connectivity index (χ0) is 29.6. The predicted octanol–water partition coefficient (Wildman–Crippen LogP) is 5.25. The highest BCUT2D eigenvalue weighted by Crippen LogP contribution is 2.29. The average Bonchev–Trinajstić information content (AvgIpc) is 2.97. The van der Waals surface area contributed by atoms with Crippen LogP contribution in [0.5, 0.6) is 11.5 Å². The van der Waals surface area contributed by atoms with E-state index in [0.717, 1.165) is 5.56 Å². The van der Waals surface area contributed by atoms with E-state index >= 15 is 0 Å². The second-order valence-electron chi connectivity index (χ2n) is 8.77. The summed E-state index contributed by atoms with van der Waals surface area (Å²) in [4.78, 5) is 23.0. The summed E-state index contributed by atoms with van der Waals surface area (Å²) in [7, 11) is -6.60. The summed E-state index contributed by atoms with van der Waals surface area (Å²) >= 11 is 0. The van der Waals surface area contributed by atoms with Gasteiger partial charge in [-0.05, 0) is 84.4 Å². The molecule has 41 heavy (non-hydrogen) atoms. The number of aryl methyl sites for hydroxylation is 1. The second kappa shape index (κ2) is 12.3. The van der Waals surface area contributed by atoms with Crippen molar-refractivity contribution in [3.05, 3.63) is 113 Å². The Hall–Kier alpha value is -4.59. The number of nitroso groups, excluding NO2 is 1. The lowest BCUT2D eigenvalue weighted by atomic mass is 10.1. The molecule has 0 aromatic heterocycles. The lowest BCUT2D eigenvalue weighted by Gasteiger charge is -2.14. The number of ether oxygens (including phenoxy) is 2. The van der Waals surface area contributed by atoms with E-state index < -0.39 is 26.0 Å². The number of carbonyl (C=O) groups is 1. The highest BCUT2D eigenvalue weighted by molar-refractivity contribution is 7.92. The lowest BCUT2D eigenvalue weighted by Crippen LogP contribution is -2.23. The molecule has 2 N–H and O–H groups in total. The molecule has 0 aliphatic rings. The quantitative estimate of drug-likeness (QED) is 0.176. The Labute approximate surface area is 237 Å². The van der Waals surface area contributed by atoms with Crippen LogP contribution in [0.3, 0.4) is 0 Å². The Morgan fingerprint density at radius 1 is 0.780 bits per heavy atom. The van der Waals surface area contributed by atoms with Crippen LogP contribution in [0.4, 0.5) is 11.4 Å². The van der Waals surface area contributed by atoms with Crippen LogP contribution in [0, 0.1) is 11.8 Å². The number of methoxy groups -OCH3 is 1. The van der Waals surface area contributed by atoms with Crippen molar-refractivity contribution in [3.8, 4) is 11.5 Å². The van der Waals surface area contributed by atoms with Gasteiger partial charge in [0.2, 0.25) is 10.0 Å². The van der Waals surface area contributed by atoms with Crippen LogP contribution in [-0.2, 0) is 31.3 Å². The smallest absolute Gasteiger partial charge is 0.340 e. The van der Waals surface area contributed by atoms with Crippen LogP contribution in [0.15, 0.2) is 106 Å². The third kappa shape index (κ3) is 7.33. The molecule has 4 aromatic carbocycles. The number of carbonyl (C=O) groups excluding carboxylic acids is 1. The molecule has 4 rings (SSSR count). The summed E-state index contributed by atoms with van der Waals surface area (Å²) in [6, 6.07) is 22.2. The summed E-state index contributed by atoms with van der Waals surface area (Å²) in [6.45, 7) is 1.84. The van der Waals surface area contributed by atoms with Gasteiger partial charge in [-0.25, -0.2) is 26.4 Å². The minimum Gasteiger partial charge on any atom is -0.465 e. The molecule has 0 saturated heterocycles. The predicted molar refractivity (Wildman–Crippen MR) is 152 cm³/mol. The van der Waals surface area contributed by atoms with E-state index in [1.54, 1.807) is 36.4 Å². The Balaban J connectivity index is 1.46. The molecule has 0 fully saturated rings. The van der Waals surface area contributed by atoms with E-state index in [1.165, 1.54) is 61.7 Å². The minimum absolute atomic E-state index is 0.00138. The van der Waals surface area contributed by atoms with E-state index in [-0.39, 0.29) is 39.0 Å². The highest BCUT2D eigenvalue weighted by Gasteiger charge is 2.20. The fourth-order valence-corrected chi connectivity index (χ4v) is 5.73. The topological polar surface area (TPSA) is 157 Å². The van der Waals surface area contributed by atoms with Crippen molar-refractivity contribution in [2.45, 2.75) is 23.3 Å². The highest BCUT2D eigenvalue weighted by atomic mass is 32.2.